The van der Waals surface area contributed by atoms with Gasteiger partial charge in [-0.1, -0.05) is 20.3 Å². The molecule has 5 saturated carbocycles. The van der Waals surface area contributed by atoms with Crippen LogP contribution in [0.5, 0.6) is 0 Å². The van der Waals surface area contributed by atoms with E-state index in [-0.39, 0.29) is 22.9 Å². The van der Waals surface area contributed by atoms with E-state index in [1.54, 1.807) is 14.2 Å². The molecule has 8 atom stereocenters. The molecule has 0 saturated heterocycles. The van der Waals surface area contributed by atoms with Gasteiger partial charge in [0.2, 0.25) is 0 Å². The molecule has 0 unspecified atom stereocenters. The lowest BCUT2D eigenvalue weighted by Gasteiger charge is -2.71. The van der Waals surface area contributed by atoms with Gasteiger partial charge in [0, 0.05) is 32.0 Å². The van der Waals surface area contributed by atoms with Crippen molar-refractivity contribution in [1.29, 1.82) is 0 Å². The number of hydrogen-bond acceptors (Lipinski definition) is 6. The Kier molecular flexibility index (Phi) is 8.33. The minimum absolute atomic E-state index is 0.0352. The summed E-state index contributed by atoms with van der Waals surface area (Å²) in [6, 6.07) is 0. The zero-order chi connectivity index (χ0) is 24.4. The number of carbonyl (C=O) groups is 1. The van der Waals surface area contributed by atoms with E-state index in [1.165, 1.54) is 51.4 Å². The third kappa shape index (κ3) is 4.57. The minimum atomic E-state index is -0.0352. The van der Waals surface area contributed by atoms with Crippen molar-refractivity contribution in [2.75, 3.05) is 41.0 Å². The molecule has 34 heavy (non-hydrogen) atoms. The standard InChI is InChI=1S/C28H48O6/c1-6-33-24(29)10-13-26(2)11-7-12-27(3)22(26)9-15-28-14-8-20(16-23(27)28)21(17-32-18-30-4)25(28)34-19-31-5/h20-23,25H,6-19H2,1-5H3/t20-,21+,22-,23+,25-,26+,27-,28+/m1/s1. The molecule has 6 heteroatoms. The zero-order valence-corrected chi connectivity index (χ0v) is 22.2. The number of ether oxygens (including phenoxy) is 5. The average molecular weight is 481 g/mol. The van der Waals surface area contributed by atoms with Crippen LogP contribution in [0, 0.1) is 39.9 Å². The Balaban J connectivity index is 1.58. The molecule has 2 bridgehead atoms. The normalized spacial score (nSPS) is 43.3. The molecule has 5 aliphatic rings. The molecule has 196 valence electrons. The van der Waals surface area contributed by atoms with Crippen LogP contribution in [0.25, 0.3) is 0 Å². The quantitative estimate of drug-likeness (QED) is 0.219. The predicted octanol–water partition coefficient (Wildman–Crippen LogP) is 5.58. The van der Waals surface area contributed by atoms with Crippen LogP contribution in [-0.2, 0) is 28.5 Å². The third-order valence-electron chi connectivity index (χ3n) is 10.7. The SMILES string of the molecule is CCOC(=O)CC[C@]1(C)CCC[C@]2(C)[C@@H]1CC[C@@]13CC[C@H](C[C@@H]21)[C@H](COCOC)[C@H]3OCOC. The van der Waals surface area contributed by atoms with Gasteiger partial charge in [-0.25, -0.2) is 0 Å². The molecule has 1 spiro atoms. The van der Waals surface area contributed by atoms with Gasteiger partial charge in [-0.15, -0.1) is 0 Å². The summed E-state index contributed by atoms with van der Waals surface area (Å²) < 4.78 is 28.3. The molecule has 0 amide bonds. The van der Waals surface area contributed by atoms with Gasteiger partial charge < -0.3 is 23.7 Å². The summed E-state index contributed by atoms with van der Waals surface area (Å²) in [4.78, 5) is 12.2. The third-order valence-corrected chi connectivity index (χ3v) is 10.7. The van der Waals surface area contributed by atoms with Crippen LogP contribution in [0.1, 0.15) is 85.0 Å². The zero-order valence-electron chi connectivity index (χ0n) is 22.2. The second-order valence-electron chi connectivity index (χ2n) is 12.2. The number of methoxy groups -OCH3 is 2. The molecule has 0 heterocycles. The highest BCUT2D eigenvalue weighted by Gasteiger charge is 2.68. The largest absolute Gasteiger partial charge is 0.466 e. The lowest BCUT2D eigenvalue weighted by Crippen LogP contribution is -2.67. The average Bonchev–Trinajstić information content (AvgIpc) is 2.82. The minimum Gasteiger partial charge on any atom is -0.466 e. The van der Waals surface area contributed by atoms with Crippen LogP contribution in [0.15, 0.2) is 0 Å². The first-order chi connectivity index (χ1) is 16.3. The number of hydrogen-bond donors (Lipinski definition) is 0. The fourth-order valence-corrected chi connectivity index (χ4v) is 9.42. The molecule has 5 rings (SSSR count). The summed E-state index contributed by atoms with van der Waals surface area (Å²) in [5.74, 6) is 2.33. The summed E-state index contributed by atoms with van der Waals surface area (Å²) in [6.07, 6.45) is 11.8. The van der Waals surface area contributed by atoms with Crippen molar-refractivity contribution in [3.63, 3.8) is 0 Å². The number of fused-ring (bicyclic) bond motifs is 3. The van der Waals surface area contributed by atoms with Crippen LogP contribution in [0.3, 0.4) is 0 Å². The molecule has 0 aromatic carbocycles. The fraction of sp³-hybridized carbons (Fsp3) is 0.964. The van der Waals surface area contributed by atoms with Crippen molar-refractivity contribution in [3.8, 4) is 0 Å². The van der Waals surface area contributed by atoms with Crippen molar-refractivity contribution >= 4 is 5.97 Å². The molecule has 0 radical (unpaired) electrons. The molecule has 0 N–H and O–H groups in total. The maximum absolute atomic E-state index is 12.2. The van der Waals surface area contributed by atoms with E-state index in [0.717, 1.165) is 6.42 Å². The Morgan fingerprint density at radius 1 is 0.971 bits per heavy atom. The van der Waals surface area contributed by atoms with E-state index in [1.807, 2.05) is 6.92 Å². The van der Waals surface area contributed by atoms with Crippen LogP contribution < -0.4 is 0 Å². The lowest BCUT2D eigenvalue weighted by atomic mass is 9.35. The van der Waals surface area contributed by atoms with Gasteiger partial charge in [0.1, 0.15) is 13.6 Å². The number of rotatable bonds is 11. The Bertz CT molecular complexity index is 698. The molecule has 0 aromatic heterocycles. The van der Waals surface area contributed by atoms with E-state index >= 15 is 0 Å². The van der Waals surface area contributed by atoms with Crippen LogP contribution in [0.4, 0.5) is 0 Å². The van der Waals surface area contributed by atoms with E-state index < -0.39 is 0 Å². The number of carbonyl (C=O) groups excluding carboxylic acids is 1. The summed E-state index contributed by atoms with van der Waals surface area (Å²) in [7, 11) is 3.41. The van der Waals surface area contributed by atoms with Crippen molar-refractivity contribution in [2.45, 2.75) is 91.1 Å². The van der Waals surface area contributed by atoms with Crippen LogP contribution in [0.2, 0.25) is 0 Å². The van der Waals surface area contributed by atoms with E-state index in [2.05, 4.69) is 13.8 Å². The van der Waals surface area contributed by atoms with Crippen molar-refractivity contribution in [2.24, 2.45) is 39.9 Å². The second-order valence-corrected chi connectivity index (χ2v) is 12.2. The van der Waals surface area contributed by atoms with E-state index in [4.69, 9.17) is 23.7 Å². The fourth-order valence-electron chi connectivity index (χ4n) is 9.42. The first-order valence-corrected chi connectivity index (χ1v) is 13.7. The molecule has 5 aliphatic carbocycles. The Labute approximate surface area is 206 Å². The van der Waals surface area contributed by atoms with Crippen LogP contribution >= 0.6 is 0 Å². The summed E-state index contributed by atoms with van der Waals surface area (Å²) >= 11 is 0. The summed E-state index contributed by atoms with van der Waals surface area (Å²) in [5.41, 5.74) is 0.715. The monoisotopic (exact) mass is 480 g/mol. The smallest absolute Gasteiger partial charge is 0.305 e. The summed E-state index contributed by atoms with van der Waals surface area (Å²) in [5, 5.41) is 0. The van der Waals surface area contributed by atoms with E-state index in [9.17, 15) is 4.79 Å². The van der Waals surface area contributed by atoms with Crippen molar-refractivity contribution < 1.29 is 28.5 Å². The van der Waals surface area contributed by atoms with Crippen LogP contribution in [-0.4, -0.2) is 53.1 Å². The van der Waals surface area contributed by atoms with Gasteiger partial charge >= 0.3 is 5.97 Å². The molecule has 6 nitrogen and oxygen atoms in total. The highest BCUT2D eigenvalue weighted by molar-refractivity contribution is 5.69. The number of esters is 1. The Morgan fingerprint density at radius 2 is 1.74 bits per heavy atom. The highest BCUT2D eigenvalue weighted by Crippen LogP contribution is 2.73. The molecule has 0 aliphatic heterocycles. The first kappa shape index (κ1) is 26.4. The maximum atomic E-state index is 12.2. The second kappa shape index (κ2) is 10.7. The van der Waals surface area contributed by atoms with E-state index in [0.29, 0.717) is 62.3 Å². The van der Waals surface area contributed by atoms with Crippen molar-refractivity contribution in [1.82, 2.24) is 0 Å². The Morgan fingerprint density at radius 3 is 2.47 bits per heavy atom. The van der Waals surface area contributed by atoms with Gasteiger partial charge in [-0.3, -0.25) is 4.79 Å². The predicted molar refractivity (Wildman–Crippen MR) is 130 cm³/mol. The van der Waals surface area contributed by atoms with Gasteiger partial charge in [-0.05, 0) is 86.9 Å². The van der Waals surface area contributed by atoms with Crippen molar-refractivity contribution in [3.05, 3.63) is 0 Å². The Hall–Kier alpha value is -0.690. The maximum Gasteiger partial charge on any atom is 0.305 e. The topological polar surface area (TPSA) is 63.2 Å². The van der Waals surface area contributed by atoms with Gasteiger partial charge in [-0.2, -0.15) is 0 Å². The first-order valence-electron chi connectivity index (χ1n) is 13.7. The molecular weight excluding hydrogens is 432 g/mol. The van der Waals surface area contributed by atoms with Gasteiger partial charge in [0.15, 0.2) is 0 Å². The van der Waals surface area contributed by atoms with Gasteiger partial charge in [0.25, 0.3) is 0 Å². The molecule has 0 aromatic rings. The molecule has 5 fully saturated rings. The highest BCUT2D eigenvalue weighted by atomic mass is 16.7. The summed E-state index contributed by atoms with van der Waals surface area (Å²) in [6.45, 7) is 8.83. The van der Waals surface area contributed by atoms with Gasteiger partial charge in [0.05, 0.1) is 19.3 Å². The molecular formula is C28H48O6. The lowest BCUT2D eigenvalue weighted by molar-refractivity contribution is -0.277.